The third-order valence-corrected chi connectivity index (χ3v) is 2.70. The summed E-state index contributed by atoms with van der Waals surface area (Å²) in [6, 6.07) is 4.91. The zero-order valence-electron chi connectivity index (χ0n) is 11.1. The van der Waals surface area contributed by atoms with Crippen molar-refractivity contribution in [3.8, 4) is 11.3 Å². The predicted octanol–water partition coefficient (Wildman–Crippen LogP) is 2.53. The smallest absolute Gasteiger partial charge is 0.208 e. The van der Waals surface area contributed by atoms with Crippen LogP contribution >= 0.6 is 0 Å². The van der Waals surface area contributed by atoms with Crippen LogP contribution in [0.4, 0.5) is 4.39 Å². The van der Waals surface area contributed by atoms with Crippen molar-refractivity contribution < 1.29 is 13.5 Å². The van der Waals surface area contributed by atoms with E-state index in [0.29, 0.717) is 36.9 Å². The molecule has 0 atom stereocenters. The van der Waals surface area contributed by atoms with Gasteiger partial charge in [0.25, 0.3) is 0 Å². The Kier molecular flexibility index (Phi) is 4.65. The van der Waals surface area contributed by atoms with Crippen LogP contribution in [0.2, 0.25) is 0 Å². The van der Waals surface area contributed by atoms with Crippen molar-refractivity contribution in [2.24, 2.45) is 0 Å². The Bertz CT molecular complexity index is 540. The van der Waals surface area contributed by atoms with Gasteiger partial charge in [0.15, 0.2) is 5.76 Å². The lowest BCUT2D eigenvalue weighted by Gasteiger charge is -2.01. The Morgan fingerprint density at radius 1 is 1.42 bits per heavy atom. The van der Waals surface area contributed by atoms with E-state index in [2.05, 4.69) is 10.3 Å². The highest BCUT2D eigenvalue weighted by Crippen LogP contribution is 2.24. The molecule has 0 aliphatic heterocycles. The molecule has 0 bridgehead atoms. The fourth-order valence-electron chi connectivity index (χ4n) is 1.71. The van der Waals surface area contributed by atoms with E-state index in [1.54, 1.807) is 25.4 Å². The first kappa shape index (κ1) is 13.7. The average Bonchev–Trinajstić information content (AvgIpc) is 2.86. The molecule has 0 saturated heterocycles. The zero-order chi connectivity index (χ0) is 13.7. The Labute approximate surface area is 111 Å². The molecule has 0 spiro atoms. The monoisotopic (exact) mass is 264 g/mol. The van der Waals surface area contributed by atoms with Gasteiger partial charge < -0.3 is 14.5 Å². The van der Waals surface area contributed by atoms with Crippen molar-refractivity contribution >= 4 is 0 Å². The van der Waals surface area contributed by atoms with Crippen LogP contribution in [-0.2, 0) is 11.3 Å². The van der Waals surface area contributed by atoms with E-state index in [9.17, 15) is 4.39 Å². The molecule has 2 aromatic rings. The Morgan fingerprint density at radius 2 is 2.26 bits per heavy atom. The van der Waals surface area contributed by atoms with Crippen molar-refractivity contribution in [2.75, 3.05) is 20.3 Å². The standard InChI is InChI=1S/C14H17FN2O2/c1-10-3-4-12(15)11(7-10)13-8-17-14(19-13)9-16-5-6-18-2/h3-4,7-8,16H,5-6,9H2,1-2H3. The van der Waals surface area contributed by atoms with Gasteiger partial charge in [-0.2, -0.15) is 0 Å². The minimum Gasteiger partial charge on any atom is -0.439 e. The topological polar surface area (TPSA) is 47.3 Å². The molecular formula is C14H17FN2O2. The van der Waals surface area contributed by atoms with Gasteiger partial charge in [0.05, 0.1) is 24.9 Å². The van der Waals surface area contributed by atoms with Gasteiger partial charge >= 0.3 is 0 Å². The number of methoxy groups -OCH3 is 1. The second kappa shape index (κ2) is 6.45. The lowest BCUT2D eigenvalue weighted by atomic mass is 10.1. The molecule has 0 fully saturated rings. The van der Waals surface area contributed by atoms with E-state index in [1.165, 1.54) is 6.07 Å². The molecular weight excluding hydrogens is 247 g/mol. The highest BCUT2D eigenvalue weighted by Gasteiger charge is 2.10. The molecule has 4 nitrogen and oxygen atoms in total. The molecule has 1 aromatic heterocycles. The van der Waals surface area contributed by atoms with Crippen LogP contribution in [-0.4, -0.2) is 25.2 Å². The number of ether oxygens (including phenoxy) is 1. The van der Waals surface area contributed by atoms with E-state index in [4.69, 9.17) is 9.15 Å². The van der Waals surface area contributed by atoms with Crippen LogP contribution in [0.1, 0.15) is 11.5 Å². The summed E-state index contributed by atoms with van der Waals surface area (Å²) in [6.07, 6.45) is 1.55. The van der Waals surface area contributed by atoms with Crippen molar-refractivity contribution in [3.05, 3.63) is 41.7 Å². The summed E-state index contributed by atoms with van der Waals surface area (Å²) >= 11 is 0. The first-order valence-electron chi connectivity index (χ1n) is 6.11. The summed E-state index contributed by atoms with van der Waals surface area (Å²) in [5.41, 5.74) is 1.42. The number of rotatable bonds is 6. The van der Waals surface area contributed by atoms with E-state index in [0.717, 1.165) is 5.56 Å². The molecule has 5 heteroatoms. The predicted molar refractivity (Wildman–Crippen MR) is 70.2 cm³/mol. The van der Waals surface area contributed by atoms with Gasteiger partial charge in [0.1, 0.15) is 5.82 Å². The number of benzene rings is 1. The van der Waals surface area contributed by atoms with Crippen LogP contribution < -0.4 is 5.32 Å². The van der Waals surface area contributed by atoms with Crippen molar-refractivity contribution in [3.63, 3.8) is 0 Å². The molecule has 0 unspecified atom stereocenters. The Hall–Kier alpha value is -1.72. The van der Waals surface area contributed by atoms with E-state index in [1.807, 2.05) is 6.92 Å². The lowest BCUT2D eigenvalue weighted by molar-refractivity contribution is 0.198. The van der Waals surface area contributed by atoms with Crippen LogP contribution in [0.15, 0.2) is 28.8 Å². The number of aryl methyl sites for hydroxylation is 1. The van der Waals surface area contributed by atoms with Gasteiger partial charge in [-0.3, -0.25) is 0 Å². The maximum atomic E-state index is 13.7. The van der Waals surface area contributed by atoms with Crippen LogP contribution in [0.3, 0.4) is 0 Å². The highest BCUT2D eigenvalue weighted by atomic mass is 19.1. The van der Waals surface area contributed by atoms with Crippen molar-refractivity contribution in [2.45, 2.75) is 13.5 Å². The average molecular weight is 264 g/mol. The number of hydrogen-bond acceptors (Lipinski definition) is 4. The highest BCUT2D eigenvalue weighted by molar-refractivity contribution is 5.58. The third kappa shape index (κ3) is 3.62. The fraction of sp³-hybridized carbons (Fsp3) is 0.357. The van der Waals surface area contributed by atoms with Crippen molar-refractivity contribution in [1.82, 2.24) is 10.3 Å². The van der Waals surface area contributed by atoms with Gasteiger partial charge in [-0.25, -0.2) is 9.37 Å². The van der Waals surface area contributed by atoms with Crippen LogP contribution in [0.5, 0.6) is 0 Å². The van der Waals surface area contributed by atoms with Gasteiger partial charge in [-0.05, 0) is 19.1 Å². The SMILES string of the molecule is COCCNCc1ncc(-c2cc(C)ccc2F)o1. The second-order valence-electron chi connectivity index (χ2n) is 4.27. The number of halogens is 1. The first-order valence-corrected chi connectivity index (χ1v) is 6.11. The number of oxazole rings is 1. The maximum Gasteiger partial charge on any atom is 0.208 e. The molecule has 0 saturated carbocycles. The molecule has 0 aliphatic carbocycles. The van der Waals surface area contributed by atoms with E-state index >= 15 is 0 Å². The molecule has 0 amide bonds. The normalized spacial score (nSPS) is 10.9. The van der Waals surface area contributed by atoms with Crippen molar-refractivity contribution in [1.29, 1.82) is 0 Å². The minimum atomic E-state index is -0.305. The summed E-state index contributed by atoms with van der Waals surface area (Å²) in [6.45, 7) is 3.75. The van der Waals surface area contributed by atoms with E-state index in [-0.39, 0.29) is 5.82 Å². The van der Waals surface area contributed by atoms with Gasteiger partial charge in [0.2, 0.25) is 5.89 Å². The molecule has 0 aliphatic rings. The number of aromatic nitrogens is 1. The summed E-state index contributed by atoms with van der Waals surface area (Å²) in [7, 11) is 1.64. The van der Waals surface area contributed by atoms with Gasteiger partial charge in [0, 0.05) is 13.7 Å². The van der Waals surface area contributed by atoms with Crippen LogP contribution in [0.25, 0.3) is 11.3 Å². The Balaban J connectivity index is 2.06. The zero-order valence-corrected chi connectivity index (χ0v) is 11.1. The van der Waals surface area contributed by atoms with Gasteiger partial charge in [-0.1, -0.05) is 11.6 Å². The third-order valence-electron chi connectivity index (χ3n) is 2.70. The molecule has 1 aromatic carbocycles. The number of nitrogens with one attached hydrogen (secondary N) is 1. The summed E-state index contributed by atoms with van der Waals surface area (Å²) in [4.78, 5) is 4.12. The Morgan fingerprint density at radius 3 is 3.05 bits per heavy atom. The largest absolute Gasteiger partial charge is 0.439 e. The first-order chi connectivity index (χ1) is 9.20. The lowest BCUT2D eigenvalue weighted by Crippen LogP contribution is -2.18. The fourth-order valence-corrected chi connectivity index (χ4v) is 1.71. The molecule has 1 N–H and O–H groups in total. The molecule has 102 valence electrons. The molecule has 19 heavy (non-hydrogen) atoms. The minimum absolute atomic E-state index is 0.305. The molecule has 2 rings (SSSR count). The summed E-state index contributed by atoms with van der Waals surface area (Å²) < 4.78 is 24.1. The van der Waals surface area contributed by atoms with Crippen LogP contribution in [0, 0.1) is 12.7 Å². The quantitative estimate of drug-likeness (QED) is 0.814. The number of nitrogens with zero attached hydrogens (tertiary/aromatic N) is 1. The summed E-state index contributed by atoms with van der Waals surface area (Å²) in [5.74, 6) is 0.678. The second-order valence-corrected chi connectivity index (χ2v) is 4.27. The molecule has 1 heterocycles. The molecule has 0 radical (unpaired) electrons. The maximum absolute atomic E-state index is 13.7. The number of hydrogen-bond donors (Lipinski definition) is 1. The van der Waals surface area contributed by atoms with Gasteiger partial charge in [-0.15, -0.1) is 0 Å². The summed E-state index contributed by atoms with van der Waals surface area (Å²) in [5, 5.41) is 3.12. The van der Waals surface area contributed by atoms with E-state index < -0.39 is 0 Å².